The molecule has 1 N–H and O–H groups in total. The number of aromatic nitrogens is 2. The quantitative estimate of drug-likeness (QED) is 0.827. The normalized spacial score (nSPS) is 10.5. The minimum atomic E-state index is -0.661. The third kappa shape index (κ3) is 2.29. The zero-order valence-corrected chi connectivity index (χ0v) is 9.75. The number of nitrogens with one attached hydrogen (secondary N) is 1. The van der Waals surface area contributed by atoms with Crippen molar-refractivity contribution in [1.29, 1.82) is 0 Å². The Bertz CT molecular complexity index is 636. The molecule has 1 aromatic heterocycles. The molecule has 1 aromatic carbocycles. The van der Waals surface area contributed by atoms with Gasteiger partial charge in [0.2, 0.25) is 5.82 Å². The topological polar surface area (TPSA) is 72.0 Å². The maximum atomic E-state index is 11.7. The number of halogens is 1. The van der Waals surface area contributed by atoms with Gasteiger partial charge in [-0.05, 0) is 25.1 Å². The van der Waals surface area contributed by atoms with E-state index in [-0.39, 0.29) is 12.4 Å². The molecule has 0 unspecified atom stereocenters. The first-order valence-electron chi connectivity index (χ1n) is 4.98. The summed E-state index contributed by atoms with van der Waals surface area (Å²) < 4.78 is 4.76. The van der Waals surface area contributed by atoms with Gasteiger partial charge >= 0.3 is 5.97 Å². The molecule has 0 atom stereocenters. The first-order valence-corrected chi connectivity index (χ1v) is 5.36. The number of rotatable bonds is 2. The van der Waals surface area contributed by atoms with Gasteiger partial charge < -0.3 is 9.72 Å². The van der Waals surface area contributed by atoms with E-state index in [1.54, 1.807) is 19.1 Å². The number of H-pyrrole nitrogens is 1. The second kappa shape index (κ2) is 4.55. The highest BCUT2D eigenvalue weighted by Gasteiger charge is 2.12. The molecule has 17 heavy (non-hydrogen) atoms. The molecular formula is C11H9ClN2O3. The zero-order chi connectivity index (χ0) is 12.4. The third-order valence-corrected chi connectivity index (χ3v) is 2.37. The summed E-state index contributed by atoms with van der Waals surface area (Å²) >= 11 is 5.80. The summed E-state index contributed by atoms with van der Waals surface area (Å²) in [5.74, 6) is -0.780. The van der Waals surface area contributed by atoms with Crippen molar-refractivity contribution in [3.63, 3.8) is 0 Å². The van der Waals surface area contributed by atoms with Crippen molar-refractivity contribution in [2.75, 3.05) is 6.61 Å². The smallest absolute Gasteiger partial charge is 0.374 e. The molecule has 0 amide bonds. The molecule has 88 valence electrons. The molecule has 0 saturated heterocycles. The molecule has 1 heterocycles. The minimum Gasteiger partial charge on any atom is -0.460 e. The van der Waals surface area contributed by atoms with E-state index in [1.807, 2.05) is 0 Å². The van der Waals surface area contributed by atoms with Crippen molar-refractivity contribution in [2.45, 2.75) is 6.92 Å². The van der Waals surface area contributed by atoms with Gasteiger partial charge in [-0.2, -0.15) is 0 Å². The van der Waals surface area contributed by atoms with E-state index in [4.69, 9.17) is 16.3 Å². The lowest BCUT2D eigenvalue weighted by atomic mass is 10.2. The van der Waals surface area contributed by atoms with E-state index in [9.17, 15) is 9.59 Å². The summed E-state index contributed by atoms with van der Waals surface area (Å²) in [6.07, 6.45) is 0. The van der Waals surface area contributed by atoms with Gasteiger partial charge in [-0.15, -0.1) is 0 Å². The predicted octanol–water partition coefficient (Wildman–Crippen LogP) is 1.75. The highest BCUT2D eigenvalue weighted by atomic mass is 35.5. The molecule has 0 aliphatic rings. The Morgan fingerprint density at radius 2 is 2.29 bits per heavy atom. The van der Waals surface area contributed by atoms with Crippen LogP contribution in [0.15, 0.2) is 23.0 Å². The van der Waals surface area contributed by atoms with Crippen molar-refractivity contribution >= 4 is 28.5 Å². The molecule has 0 spiro atoms. The highest BCUT2D eigenvalue weighted by Crippen LogP contribution is 2.14. The number of fused-ring (bicyclic) bond motifs is 1. The number of benzene rings is 1. The molecule has 2 aromatic rings. The molecule has 6 heteroatoms. The SMILES string of the molecule is CCOC(=O)c1nc2cc(Cl)ccc2c(=O)[nH]1. The second-order valence-electron chi connectivity index (χ2n) is 3.30. The van der Waals surface area contributed by atoms with Gasteiger partial charge in [-0.25, -0.2) is 9.78 Å². The number of hydrogen-bond acceptors (Lipinski definition) is 4. The number of hydrogen-bond donors (Lipinski definition) is 1. The van der Waals surface area contributed by atoms with Crippen molar-refractivity contribution in [3.8, 4) is 0 Å². The third-order valence-electron chi connectivity index (χ3n) is 2.14. The first-order chi connectivity index (χ1) is 8.11. The van der Waals surface area contributed by atoms with Crippen LogP contribution in [0, 0.1) is 0 Å². The van der Waals surface area contributed by atoms with Crippen molar-refractivity contribution < 1.29 is 9.53 Å². The fraction of sp³-hybridized carbons (Fsp3) is 0.182. The van der Waals surface area contributed by atoms with Crippen LogP contribution in [0.3, 0.4) is 0 Å². The van der Waals surface area contributed by atoms with Crippen LogP contribution in [-0.2, 0) is 4.74 Å². The van der Waals surface area contributed by atoms with Gasteiger partial charge in [0.15, 0.2) is 0 Å². The first kappa shape index (κ1) is 11.6. The summed E-state index contributed by atoms with van der Waals surface area (Å²) in [6.45, 7) is 1.89. The molecule has 0 saturated carbocycles. The van der Waals surface area contributed by atoms with Crippen molar-refractivity contribution in [2.24, 2.45) is 0 Å². The number of ether oxygens (including phenoxy) is 1. The lowest BCUT2D eigenvalue weighted by molar-refractivity contribution is 0.0512. The Morgan fingerprint density at radius 3 is 3.00 bits per heavy atom. The van der Waals surface area contributed by atoms with Crippen LogP contribution in [-0.4, -0.2) is 22.5 Å². The van der Waals surface area contributed by atoms with Crippen LogP contribution in [0.25, 0.3) is 10.9 Å². The lowest BCUT2D eigenvalue weighted by Crippen LogP contribution is -2.17. The van der Waals surface area contributed by atoms with Crippen LogP contribution in [0.2, 0.25) is 5.02 Å². The number of carbonyl (C=O) groups excluding carboxylic acids is 1. The van der Waals surface area contributed by atoms with Gasteiger partial charge in [0.25, 0.3) is 5.56 Å². The Labute approximate surface area is 101 Å². The van der Waals surface area contributed by atoms with E-state index in [0.29, 0.717) is 15.9 Å². The number of aromatic amines is 1. The van der Waals surface area contributed by atoms with Crippen LogP contribution >= 0.6 is 11.6 Å². The van der Waals surface area contributed by atoms with Crippen molar-refractivity contribution in [1.82, 2.24) is 9.97 Å². The van der Waals surface area contributed by atoms with Gasteiger partial charge in [0, 0.05) is 5.02 Å². The molecule has 0 fully saturated rings. The van der Waals surface area contributed by atoms with E-state index in [1.165, 1.54) is 6.07 Å². The van der Waals surface area contributed by atoms with E-state index < -0.39 is 11.5 Å². The second-order valence-corrected chi connectivity index (χ2v) is 3.73. The summed E-state index contributed by atoms with van der Waals surface area (Å²) in [7, 11) is 0. The monoisotopic (exact) mass is 252 g/mol. The summed E-state index contributed by atoms with van der Waals surface area (Å²) in [5, 5.41) is 0.827. The molecule has 0 radical (unpaired) electrons. The van der Waals surface area contributed by atoms with Gasteiger partial charge in [-0.3, -0.25) is 4.79 Å². The number of nitrogens with zero attached hydrogens (tertiary/aromatic N) is 1. The van der Waals surface area contributed by atoms with Crippen molar-refractivity contribution in [3.05, 3.63) is 39.4 Å². The lowest BCUT2D eigenvalue weighted by Gasteiger charge is -2.02. The van der Waals surface area contributed by atoms with Crippen LogP contribution < -0.4 is 5.56 Å². The highest BCUT2D eigenvalue weighted by molar-refractivity contribution is 6.31. The fourth-order valence-electron chi connectivity index (χ4n) is 1.41. The molecule has 0 aliphatic heterocycles. The summed E-state index contributed by atoms with van der Waals surface area (Å²) in [4.78, 5) is 29.5. The Balaban J connectivity index is 2.61. The Morgan fingerprint density at radius 1 is 1.53 bits per heavy atom. The van der Waals surface area contributed by atoms with E-state index >= 15 is 0 Å². The minimum absolute atomic E-state index is 0.119. The summed E-state index contributed by atoms with van der Waals surface area (Å²) in [6, 6.07) is 4.66. The number of esters is 1. The van der Waals surface area contributed by atoms with E-state index in [2.05, 4.69) is 9.97 Å². The maximum Gasteiger partial charge on any atom is 0.374 e. The predicted molar refractivity (Wildman–Crippen MR) is 63.3 cm³/mol. The van der Waals surface area contributed by atoms with Crippen LogP contribution in [0.5, 0.6) is 0 Å². The number of carbonyl (C=O) groups is 1. The summed E-state index contributed by atoms with van der Waals surface area (Å²) in [5.41, 5.74) is -0.0287. The molecule has 0 aliphatic carbocycles. The molecular weight excluding hydrogens is 244 g/mol. The Hall–Kier alpha value is -1.88. The fourth-order valence-corrected chi connectivity index (χ4v) is 1.58. The van der Waals surface area contributed by atoms with Gasteiger partial charge in [-0.1, -0.05) is 11.6 Å². The maximum absolute atomic E-state index is 11.7. The van der Waals surface area contributed by atoms with E-state index in [0.717, 1.165) is 0 Å². The standard InChI is InChI=1S/C11H9ClN2O3/c1-2-17-11(16)9-13-8-5-6(12)3-4-7(8)10(15)14-9/h3-5H,2H2,1H3,(H,13,14,15). The average Bonchev–Trinajstić information content (AvgIpc) is 2.28. The zero-order valence-electron chi connectivity index (χ0n) is 8.99. The molecule has 2 rings (SSSR count). The largest absolute Gasteiger partial charge is 0.460 e. The average molecular weight is 253 g/mol. The van der Waals surface area contributed by atoms with Gasteiger partial charge in [0.05, 0.1) is 17.5 Å². The van der Waals surface area contributed by atoms with Gasteiger partial charge in [0.1, 0.15) is 0 Å². The molecule has 5 nitrogen and oxygen atoms in total. The van der Waals surface area contributed by atoms with Crippen LogP contribution in [0.1, 0.15) is 17.5 Å². The van der Waals surface area contributed by atoms with Crippen LogP contribution in [0.4, 0.5) is 0 Å². The Kier molecular flexibility index (Phi) is 3.10. The molecule has 0 bridgehead atoms.